The van der Waals surface area contributed by atoms with Crippen molar-refractivity contribution < 1.29 is 9.84 Å². The van der Waals surface area contributed by atoms with Crippen molar-refractivity contribution in [3.05, 3.63) is 12.3 Å². The summed E-state index contributed by atoms with van der Waals surface area (Å²) >= 11 is 0. The van der Waals surface area contributed by atoms with Crippen molar-refractivity contribution in [1.82, 2.24) is 10.2 Å². The highest BCUT2D eigenvalue weighted by Crippen LogP contribution is 2.11. The van der Waals surface area contributed by atoms with Crippen molar-refractivity contribution in [3.8, 4) is 5.88 Å². The van der Waals surface area contributed by atoms with Crippen LogP contribution in [0.1, 0.15) is 13.8 Å². The van der Waals surface area contributed by atoms with Crippen LogP contribution in [0.15, 0.2) is 12.3 Å². The lowest BCUT2D eigenvalue weighted by Gasteiger charge is -2.18. The van der Waals surface area contributed by atoms with Crippen LogP contribution in [0.2, 0.25) is 0 Å². The fraction of sp³-hybridized carbons (Fsp3) is 0.625. The molecule has 0 bridgehead atoms. The molecule has 1 atom stereocenters. The lowest BCUT2D eigenvalue weighted by Crippen LogP contribution is -2.27. The van der Waals surface area contributed by atoms with Crippen LogP contribution in [-0.2, 0) is 0 Å². The molecule has 1 aromatic heterocycles. The van der Waals surface area contributed by atoms with Crippen LogP contribution >= 0.6 is 0 Å². The summed E-state index contributed by atoms with van der Waals surface area (Å²) in [6, 6.07) is 1.73. The van der Waals surface area contributed by atoms with E-state index in [9.17, 15) is 0 Å². The van der Waals surface area contributed by atoms with Crippen LogP contribution in [0, 0.1) is 5.92 Å². The molecule has 1 rings (SSSR count). The van der Waals surface area contributed by atoms with Crippen LogP contribution in [-0.4, -0.2) is 28.0 Å². The van der Waals surface area contributed by atoms with Gasteiger partial charge in [0.25, 0.3) is 0 Å². The molecule has 0 aliphatic heterocycles. The minimum Gasteiger partial charge on any atom is -0.471 e. The highest BCUT2D eigenvalue weighted by molar-refractivity contribution is 5.04. The SMILES string of the molecule is CC(C)C(CO)Oc1cc[nH]n1. The Morgan fingerprint density at radius 1 is 1.67 bits per heavy atom. The second kappa shape index (κ2) is 4.11. The van der Waals surface area contributed by atoms with E-state index in [1.54, 1.807) is 12.3 Å². The third kappa shape index (κ3) is 2.23. The average molecular weight is 170 g/mol. The van der Waals surface area contributed by atoms with Gasteiger partial charge >= 0.3 is 0 Å². The first-order valence-corrected chi connectivity index (χ1v) is 4.01. The Balaban J connectivity index is 2.48. The van der Waals surface area contributed by atoms with Gasteiger partial charge in [-0.1, -0.05) is 13.8 Å². The number of aliphatic hydroxyl groups is 1. The van der Waals surface area contributed by atoms with Crippen molar-refractivity contribution in [3.63, 3.8) is 0 Å². The number of nitrogens with one attached hydrogen (secondary N) is 1. The third-order valence-corrected chi connectivity index (χ3v) is 1.67. The number of hydrogen-bond acceptors (Lipinski definition) is 3. The molecule has 0 fully saturated rings. The molecular formula is C8H14N2O2. The number of H-pyrrole nitrogens is 1. The smallest absolute Gasteiger partial charge is 0.232 e. The van der Waals surface area contributed by atoms with Crippen LogP contribution in [0.25, 0.3) is 0 Å². The molecule has 1 heterocycles. The monoisotopic (exact) mass is 170 g/mol. The van der Waals surface area contributed by atoms with Crippen LogP contribution in [0.5, 0.6) is 5.88 Å². The van der Waals surface area contributed by atoms with Crippen molar-refractivity contribution in [2.75, 3.05) is 6.61 Å². The van der Waals surface area contributed by atoms with Gasteiger partial charge in [-0.25, -0.2) is 0 Å². The van der Waals surface area contributed by atoms with E-state index in [2.05, 4.69) is 10.2 Å². The van der Waals surface area contributed by atoms with Gasteiger partial charge in [0.15, 0.2) is 0 Å². The van der Waals surface area contributed by atoms with Gasteiger partial charge in [0.05, 0.1) is 6.61 Å². The number of hydrogen-bond donors (Lipinski definition) is 2. The summed E-state index contributed by atoms with van der Waals surface area (Å²) < 4.78 is 5.37. The van der Waals surface area contributed by atoms with E-state index >= 15 is 0 Å². The third-order valence-electron chi connectivity index (χ3n) is 1.67. The maximum atomic E-state index is 8.93. The number of rotatable bonds is 4. The van der Waals surface area contributed by atoms with Gasteiger partial charge < -0.3 is 9.84 Å². The number of nitrogens with zero attached hydrogens (tertiary/aromatic N) is 1. The van der Waals surface area contributed by atoms with Gasteiger partial charge in [-0.3, -0.25) is 5.10 Å². The fourth-order valence-corrected chi connectivity index (χ4v) is 0.852. The summed E-state index contributed by atoms with van der Waals surface area (Å²) in [5.41, 5.74) is 0. The van der Waals surface area contributed by atoms with Crippen LogP contribution in [0.4, 0.5) is 0 Å². The molecule has 4 heteroatoms. The van der Waals surface area contributed by atoms with Gasteiger partial charge in [0, 0.05) is 12.3 Å². The maximum Gasteiger partial charge on any atom is 0.232 e. The molecule has 0 spiro atoms. The summed E-state index contributed by atoms with van der Waals surface area (Å²) in [6.07, 6.45) is 1.51. The Hall–Kier alpha value is -1.03. The second-order valence-electron chi connectivity index (χ2n) is 3.00. The molecule has 0 saturated carbocycles. The molecule has 0 saturated heterocycles. The quantitative estimate of drug-likeness (QED) is 0.702. The Morgan fingerprint density at radius 2 is 2.42 bits per heavy atom. The molecule has 0 aromatic carbocycles. The molecular weight excluding hydrogens is 156 g/mol. The number of aliphatic hydroxyl groups excluding tert-OH is 1. The van der Waals surface area contributed by atoms with Crippen LogP contribution in [0.3, 0.4) is 0 Å². The minimum atomic E-state index is -0.173. The highest BCUT2D eigenvalue weighted by Gasteiger charge is 2.14. The Morgan fingerprint density at radius 3 is 2.83 bits per heavy atom. The van der Waals surface area contributed by atoms with Crippen LogP contribution < -0.4 is 4.74 Å². The first kappa shape index (κ1) is 9.06. The van der Waals surface area contributed by atoms with Gasteiger partial charge in [-0.2, -0.15) is 0 Å². The van der Waals surface area contributed by atoms with Crippen molar-refractivity contribution in [2.24, 2.45) is 5.92 Å². The van der Waals surface area contributed by atoms with E-state index in [-0.39, 0.29) is 18.6 Å². The molecule has 2 N–H and O–H groups in total. The van der Waals surface area contributed by atoms with Gasteiger partial charge in [-0.05, 0) is 5.92 Å². The van der Waals surface area contributed by atoms with E-state index in [1.165, 1.54) is 0 Å². The summed E-state index contributed by atoms with van der Waals surface area (Å²) in [4.78, 5) is 0. The molecule has 12 heavy (non-hydrogen) atoms. The predicted molar refractivity (Wildman–Crippen MR) is 44.9 cm³/mol. The largest absolute Gasteiger partial charge is 0.471 e. The summed E-state index contributed by atoms with van der Waals surface area (Å²) in [7, 11) is 0. The van der Waals surface area contributed by atoms with E-state index in [4.69, 9.17) is 9.84 Å². The first-order valence-electron chi connectivity index (χ1n) is 4.01. The fourth-order valence-electron chi connectivity index (χ4n) is 0.852. The summed E-state index contributed by atoms with van der Waals surface area (Å²) in [6.45, 7) is 4.01. The molecule has 0 radical (unpaired) electrons. The zero-order valence-corrected chi connectivity index (χ0v) is 7.32. The molecule has 0 aliphatic rings. The molecule has 0 amide bonds. The number of ether oxygens (including phenoxy) is 1. The standard InChI is InChI=1S/C8H14N2O2/c1-6(2)7(5-11)12-8-3-4-9-10-8/h3-4,6-7,11H,5H2,1-2H3,(H,9,10). The molecule has 68 valence electrons. The zero-order chi connectivity index (χ0) is 8.97. The lowest BCUT2D eigenvalue weighted by atomic mass is 10.1. The molecule has 1 aromatic rings. The number of aromatic amines is 1. The summed E-state index contributed by atoms with van der Waals surface area (Å²) in [5, 5.41) is 15.4. The van der Waals surface area contributed by atoms with Gasteiger partial charge in [-0.15, -0.1) is 5.10 Å². The Labute approximate surface area is 71.6 Å². The molecule has 1 unspecified atom stereocenters. The lowest BCUT2D eigenvalue weighted by molar-refractivity contribution is 0.0761. The molecule has 0 aliphatic carbocycles. The van der Waals surface area contributed by atoms with E-state index in [0.717, 1.165) is 0 Å². The van der Waals surface area contributed by atoms with E-state index < -0.39 is 0 Å². The van der Waals surface area contributed by atoms with Crippen molar-refractivity contribution in [1.29, 1.82) is 0 Å². The predicted octanol–water partition coefficient (Wildman–Crippen LogP) is 0.805. The normalized spacial score (nSPS) is 13.3. The maximum absolute atomic E-state index is 8.93. The second-order valence-corrected chi connectivity index (χ2v) is 3.00. The van der Waals surface area contributed by atoms with Crippen molar-refractivity contribution >= 4 is 0 Å². The Kier molecular flexibility index (Phi) is 3.10. The van der Waals surface area contributed by atoms with E-state index in [1.807, 2.05) is 13.8 Å². The van der Waals surface area contributed by atoms with E-state index in [0.29, 0.717) is 5.88 Å². The van der Waals surface area contributed by atoms with Crippen molar-refractivity contribution in [2.45, 2.75) is 20.0 Å². The average Bonchev–Trinajstić information content (AvgIpc) is 2.51. The zero-order valence-electron chi connectivity index (χ0n) is 7.32. The topological polar surface area (TPSA) is 58.1 Å². The highest BCUT2D eigenvalue weighted by atomic mass is 16.5. The molecule has 4 nitrogen and oxygen atoms in total. The first-order chi connectivity index (χ1) is 5.74. The Bertz CT molecular complexity index is 209. The number of aromatic nitrogens is 2. The summed E-state index contributed by atoms with van der Waals surface area (Å²) in [5.74, 6) is 0.814. The minimum absolute atomic E-state index is 0.0184. The van der Waals surface area contributed by atoms with Gasteiger partial charge in [0.2, 0.25) is 5.88 Å². The van der Waals surface area contributed by atoms with Gasteiger partial charge in [0.1, 0.15) is 6.10 Å².